The van der Waals surface area contributed by atoms with Gasteiger partial charge in [0.15, 0.2) is 0 Å². The molecule has 0 fully saturated rings. The number of hydrogen-bond donors (Lipinski definition) is 1. The monoisotopic (exact) mass is 438 g/mol. The molecule has 0 bridgehead atoms. The molecule has 162 valence electrons. The zero-order valence-electron chi connectivity index (χ0n) is 17.8. The van der Waals surface area contributed by atoms with E-state index in [0.29, 0.717) is 31.5 Å². The van der Waals surface area contributed by atoms with Crippen molar-refractivity contribution in [2.75, 3.05) is 18.2 Å². The molecule has 3 N–H and O–H groups in total. The van der Waals surface area contributed by atoms with E-state index in [0.717, 1.165) is 33.4 Å². The van der Waals surface area contributed by atoms with E-state index in [1.165, 1.54) is 0 Å². The second-order valence-electron chi connectivity index (χ2n) is 7.43. The maximum absolute atomic E-state index is 12.6. The highest BCUT2D eigenvalue weighted by atomic mass is 31.0. The lowest BCUT2D eigenvalue weighted by Crippen LogP contribution is -2.34. The van der Waals surface area contributed by atoms with Gasteiger partial charge in [0.05, 0.1) is 6.54 Å². The number of para-hydroxylation sites is 1. The number of aryl methyl sites for hydroxylation is 2. The minimum Gasteiger partial charge on any atom is -0.459 e. The van der Waals surface area contributed by atoms with Crippen LogP contribution in [0.3, 0.4) is 0 Å². The molecule has 4 rings (SSSR count). The van der Waals surface area contributed by atoms with Gasteiger partial charge in [-0.25, -0.2) is 4.98 Å². The Labute approximate surface area is 183 Å². The molecule has 8 heteroatoms. The average molecular weight is 438 g/mol. The van der Waals surface area contributed by atoms with E-state index < -0.39 is 0 Å². The molecule has 1 aliphatic rings. The van der Waals surface area contributed by atoms with Crippen molar-refractivity contribution in [2.45, 2.75) is 26.3 Å². The zero-order chi connectivity index (χ0) is 21.3. The van der Waals surface area contributed by atoms with E-state index in [4.69, 9.17) is 4.42 Å². The summed E-state index contributed by atoms with van der Waals surface area (Å²) in [5.41, 5.74) is 3.76. The Morgan fingerprint density at radius 1 is 1.32 bits per heavy atom. The van der Waals surface area contributed by atoms with Crippen LogP contribution in [-0.4, -0.2) is 35.0 Å². The number of rotatable bonds is 5. The topological polar surface area (TPSA) is 102 Å². The largest absolute Gasteiger partial charge is 0.459 e. The minimum atomic E-state index is -0.116. The summed E-state index contributed by atoms with van der Waals surface area (Å²) in [4.78, 5) is 32.3. The van der Waals surface area contributed by atoms with Crippen molar-refractivity contribution in [1.82, 2.24) is 16.0 Å². The molecular formula is C23H27N4O3P. The van der Waals surface area contributed by atoms with Gasteiger partial charge < -0.3 is 15.5 Å². The van der Waals surface area contributed by atoms with Gasteiger partial charge in [0.25, 0.3) is 0 Å². The number of furan rings is 1. The first-order chi connectivity index (χ1) is 14.5. The molecule has 31 heavy (non-hydrogen) atoms. The molecule has 0 saturated heterocycles. The van der Waals surface area contributed by atoms with Crippen molar-refractivity contribution in [1.29, 1.82) is 0 Å². The van der Waals surface area contributed by atoms with Crippen molar-refractivity contribution in [3.63, 3.8) is 0 Å². The summed E-state index contributed by atoms with van der Waals surface area (Å²) >= 11 is 0. The molecule has 3 aromatic rings. The lowest BCUT2D eigenvalue weighted by molar-refractivity contribution is -0.125. The fourth-order valence-corrected chi connectivity index (χ4v) is 4.06. The third kappa shape index (κ3) is 4.53. The Morgan fingerprint density at radius 2 is 2.10 bits per heavy atom. The molecule has 1 aromatic carbocycles. The van der Waals surface area contributed by atoms with E-state index in [-0.39, 0.29) is 18.0 Å². The zero-order valence-corrected chi connectivity index (χ0v) is 19.0. The average Bonchev–Trinajstić information content (AvgIpc) is 3.07. The second-order valence-corrected chi connectivity index (χ2v) is 7.79. The normalized spacial score (nSPS) is 13.4. The molecule has 2 aromatic heterocycles. The van der Waals surface area contributed by atoms with Crippen LogP contribution >= 0.6 is 9.24 Å². The third-order valence-electron chi connectivity index (χ3n) is 5.43. The number of amides is 2. The summed E-state index contributed by atoms with van der Waals surface area (Å²) in [5, 5.41) is 1.07. The molecule has 7 nitrogen and oxygen atoms in total. The van der Waals surface area contributed by atoms with Crippen molar-refractivity contribution >= 4 is 43.9 Å². The smallest absolute Gasteiger partial charge is 0.246 e. The number of likely N-dealkylation sites (N-methyl/N-ethyl adjacent to an activating group) is 1. The van der Waals surface area contributed by atoms with Crippen LogP contribution < -0.4 is 11.1 Å². The number of pyridine rings is 1. The first-order valence-corrected chi connectivity index (χ1v) is 10.7. The van der Waals surface area contributed by atoms with Gasteiger partial charge >= 0.3 is 0 Å². The van der Waals surface area contributed by atoms with Crippen LogP contribution in [0.4, 0.5) is 5.82 Å². The lowest BCUT2D eigenvalue weighted by Gasteiger charge is -2.27. The van der Waals surface area contributed by atoms with Crippen LogP contribution in [-0.2, 0) is 22.6 Å². The fourth-order valence-electron chi connectivity index (χ4n) is 3.69. The van der Waals surface area contributed by atoms with E-state index >= 15 is 0 Å². The molecule has 0 aliphatic carbocycles. The summed E-state index contributed by atoms with van der Waals surface area (Å²) in [5.74, 6) is 1.47. The first kappa shape index (κ1) is 22.7. The lowest BCUT2D eigenvalue weighted by atomic mass is 10.0. The molecule has 3 heterocycles. The molecule has 0 radical (unpaired) electrons. The van der Waals surface area contributed by atoms with E-state index in [1.54, 1.807) is 35.2 Å². The van der Waals surface area contributed by atoms with E-state index in [9.17, 15) is 9.59 Å². The van der Waals surface area contributed by atoms with Gasteiger partial charge in [-0.15, -0.1) is 9.24 Å². The number of fused-ring (bicyclic) bond motifs is 2. The van der Waals surface area contributed by atoms with Gasteiger partial charge in [-0.2, -0.15) is 0 Å². The fraction of sp³-hybridized carbons (Fsp3) is 0.261. The Hall–Kier alpha value is -3.02. The number of anilines is 1. The predicted molar refractivity (Wildman–Crippen MR) is 126 cm³/mol. The van der Waals surface area contributed by atoms with Crippen molar-refractivity contribution < 1.29 is 14.0 Å². The van der Waals surface area contributed by atoms with Gasteiger partial charge in [-0.3, -0.25) is 14.5 Å². The SMILES string of the molecule is Cc1c(CN(C)C(=O)C=Cc2cnc3c(c2)CCC(=O)N3CP)oc2ccccc12.N. The maximum Gasteiger partial charge on any atom is 0.246 e. The highest BCUT2D eigenvalue weighted by Gasteiger charge is 2.24. The number of aromatic nitrogens is 1. The van der Waals surface area contributed by atoms with Crippen LogP contribution in [0.15, 0.2) is 47.0 Å². The van der Waals surface area contributed by atoms with Gasteiger partial charge in [0.2, 0.25) is 11.8 Å². The highest BCUT2D eigenvalue weighted by Crippen LogP contribution is 2.28. The van der Waals surface area contributed by atoms with Crippen molar-refractivity contribution in [3.8, 4) is 0 Å². The number of hydrogen-bond acceptors (Lipinski definition) is 5. The maximum atomic E-state index is 12.6. The molecule has 0 saturated carbocycles. The van der Waals surface area contributed by atoms with Crippen LogP contribution in [0.1, 0.15) is 28.9 Å². The summed E-state index contributed by atoms with van der Waals surface area (Å²) in [6, 6.07) is 9.87. The number of nitrogens with zero attached hydrogens (tertiary/aromatic N) is 3. The van der Waals surface area contributed by atoms with Crippen LogP contribution in [0.2, 0.25) is 0 Å². The minimum absolute atomic E-state index is 0. The summed E-state index contributed by atoms with van der Waals surface area (Å²) < 4.78 is 5.91. The quantitative estimate of drug-likeness (QED) is 0.478. The van der Waals surface area contributed by atoms with Gasteiger partial charge in [-0.1, -0.05) is 18.2 Å². The van der Waals surface area contributed by atoms with Crippen molar-refractivity contribution in [2.24, 2.45) is 0 Å². The number of carbonyl (C=O) groups excluding carboxylic acids is 2. The van der Waals surface area contributed by atoms with Gasteiger partial charge in [0, 0.05) is 43.0 Å². The molecule has 0 spiro atoms. The first-order valence-electron chi connectivity index (χ1n) is 9.87. The second kappa shape index (κ2) is 9.41. The Balaban J connectivity index is 0.00000272. The summed E-state index contributed by atoms with van der Waals surface area (Å²) in [7, 11) is 4.32. The standard InChI is InChI=1S/C23H24N3O3P.H3N/c1-15-18-5-3-4-6-19(18)29-20(15)13-25(2)21(27)9-7-16-11-17-8-10-22(28)26(14-30)23(17)24-12-16;/h3-7,9,11-12H,8,10,13-14,30H2,1-2H3;1H3. The van der Waals surface area contributed by atoms with Crippen molar-refractivity contribution in [3.05, 3.63) is 65.1 Å². The highest BCUT2D eigenvalue weighted by molar-refractivity contribution is 7.16. The molecule has 1 unspecified atom stereocenters. The Bertz CT molecular complexity index is 1150. The predicted octanol–water partition coefficient (Wildman–Crippen LogP) is 4.08. The Kier molecular flexibility index (Phi) is 6.88. The third-order valence-corrected chi connectivity index (χ3v) is 5.79. The van der Waals surface area contributed by atoms with E-state index in [2.05, 4.69) is 14.2 Å². The van der Waals surface area contributed by atoms with E-state index in [1.807, 2.05) is 37.3 Å². The van der Waals surface area contributed by atoms with Gasteiger partial charge in [-0.05, 0) is 42.7 Å². The molecule has 2 amide bonds. The summed E-state index contributed by atoms with van der Waals surface area (Å²) in [6.45, 7) is 2.41. The van der Waals surface area contributed by atoms with Crippen LogP contribution in [0.25, 0.3) is 17.0 Å². The summed E-state index contributed by atoms with van der Waals surface area (Å²) in [6.07, 6.45) is 6.68. The van der Waals surface area contributed by atoms with Crippen LogP contribution in [0, 0.1) is 6.92 Å². The molecule has 1 atom stereocenters. The number of benzene rings is 1. The molecular weight excluding hydrogens is 411 g/mol. The van der Waals surface area contributed by atoms with Gasteiger partial charge in [0.1, 0.15) is 17.2 Å². The Morgan fingerprint density at radius 3 is 2.84 bits per heavy atom. The van der Waals surface area contributed by atoms with Crippen LogP contribution in [0.5, 0.6) is 0 Å². The molecule has 1 aliphatic heterocycles. The number of carbonyl (C=O) groups is 2.